The zero-order valence-corrected chi connectivity index (χ0v) is 22.7. The lowest BCUT2D eigenvalue weighted by Gasteiger charge is -2.22. The number of aromatic amines is 1. The lowest BCUT2D eigenvalue weighted by molar-refractivity contribution is 0.0462. The highest BCUT2D eigenvalue weighted by Gasteiger charge is 2.19. The fourth-order valence-corrected chi connectivity index (χ4v) is 5.61. The molecule has 0 bridgehead atoms. The summed E-state index contributed by atoms with van der Waals surface area (Å²) in [5.74, 6) is 2.91. The number of aromatic nitrogens is 4. The monoisotopic (exact) mass is 537 g/mol. The first kappa shape index (κ1) is 26.6. The molecule has 1 amide bonds. The van der Waals surface area contributed by atoms with Crippen LogP contribution in [0.25, 0.3) is 11.1 Å². The first-order valence-electron chi connectivity index (χ1n) is 13.7. The first-order valence-corrected chi connectivity index (χ1v) is 14.1. The Morgan fingerprint density at radius 1 is 1.11 bits per heavy atom. The third-order valence-electron chi connectivity index (χ3n) is 7.60. The smallest absolute Gasteiger partial charge is 0.294 e. The summed E-state index contributed by atoms with van der Waals surface area (Å²) in [5.41, 5.74) is 2.75. The number of nitrogens with zero attached hydrogens (tertiary/aromatic N) is 3. The normalized spacial score (nSPS) is 18.3. The second-order valence-corrected chi connectivity index (χ2v) is 10.9. The summed E-state index contributed by atoms with van der Waals surface area (Å²) in [6.07, 6.45) is 11.9. The van der Waals surface area contributed by atoms with E-state index in [1.165, 1.54) is 38.5 Å². The molecule has 5 rings (SSSR count). The number of benzene rings is 1. The lowest BCUT2D eigenvalue weighted by Crippen LogP contribution is -2.19. The van der Waals surface area contributed by atoms with Crippen molar-refractivity contribution in [3.63, 3.8) is 0 Å². The molecule has 8 nitrogen and oxygen atoms in total. The second-order valence-electron chi connectivity index (χ2n) is 10.5. The topological polar surface area (TPSA) is 102 Å². The number of hydrogen-bond acceptors (Lipinski definition) is 6. The zero-order valence-electron chi connectivity index (χ0n) is 22.0. The Balaban J connectivity index is 1.24. The van der Waals surface area contributed by atoms with Gasteiger partial charge in [0.2, 0.25) is 5.82 Å². The van der Waals surface area contributed by atoms with Crippen molar-refractivity contribution in [2.45, 2.75) is 64.7 Å². The van der Waals surface area contributed by atoms with Gasteiger partial charge in [-0.2, -0.15) is 0 Å². The molecule has 38 heavy (non-hydrogen) atoms. The van der Waals surface area contributed by atoms with Gasteiger partial charge in [0.1, 0.15) is 17.4 Å². The summed E-state index contributed by atoms with van der Waals surface area (Å²) in [7, 11) is 0. The average molecular weight is 538 g/mol. The van der Waals surface area contributed by atoms with Crippen LogP contribution in [0.1, 0.15) is 73.4 Å². The summed E-state index contributed by atoms with van der Waals surface area (Å²) in [6.45, 7) is 4.35. The van der Waals surface area contributed by atoms with E-state index in [-0.39, 0.29) is 11.7 Å². The van der Waals surface area contributed by atoms with E-state index in [0.717, 1.165) is 60.7 Å². The van der Waals surface area contributed by atoms with Gasteiger partial charge in [0, 0.05) is 31.4 Å². The highest BCUT2D eigenvalue weighted by molar-refractivity contribution is 6.33. The molecule has 9 heteroatoms. The standard InChI is InChI=1S/C29H36ClN5O3/c1-19-9-10-22(38-13-11-21-8-5-12-37-18-21)15-23(19)24-16-26(31-17-25(24)30)33-29(36)28-32-27(34-35-28)14-20-6-3-2-4-7-20/h9-10,15-17,20-21H,2-8,11-14,18H2,1H3,(H,31,33,36)(H,32,34,35). The van der Waals surface area contributed by atoms with Crippen LogP contribution < -0.4 is 10.1 Å². The predicted octanol–water partition coefficient (Wildman–Crippen LogP) is 6.40. The highest BCUT2D eigenvalue weighted by atomic mass is 35.5. The van der Waals surface area contributed by atoms with Crippen molar-refractivity contribution in [2.24, 2.45) is 11.8 Å². The quantitative estimate of drug-likeness (QED) is 0.327. The van der Waals surface area contributed by atoms with Crippen LogP contribution in [-0.4, -0.2) is 45.9 Å². The molecule has 2 N–H and O–H groups in total. The highest BCUT2D eigenvalue weighted by Crippen LogP contribution is 2.34. The third-order valence-corrected chi connectivity index (χ3v) is 7.90. The number of aryl methyl sites for hydroxylation is 1. The van der Waals surface area contributed by atoms with E-state index >= 15 is 0 Å². The van der Waals surface area contributed by atoms with Gasteiger partial charge in [0.25, 0.3) is 5.91 Å². The molecule has 1 aromatic carbocycles. The molecule has 0 spiro atoms. The van der Waals surface area contributed by atoms with Crippen LogP contribution in [0.4, 0.5) is 5.82 Å². The molecule has 2 aliphatic rings. The van der Waals surface area contributed by atoms with E-state index < -0.39 is 0 Å². The molecule has 1 aliphatic heterocycles. The van der Waals surface area contributed by atoms with Crippen molar-refractivity contribution in [2.75, 3.05) is 25.1 Å². The number of anilines is 1. The second kappa shape index (κ2) is 12.7. The van der Waals surface area contributed by atoms with Gasteiger partial charge in [-0.15, -0.1) is 10.2 Å². The molecule has 2 aromatic heterocycles. The van der Waals surface area contributed by atoms with Crippen molar-refractivity contribution in [3.8, 4) is 16.9 Å². The molecule has 3 aromatic rings. The molecule has 1 atom stereocenters. The minimum absolute atomic E-state index is 0.184. The first-order chi connectivity index (χ1) is 18.5. The third kappa shape index (κ3) is 6.91. The minimum atomic E-state index is -0.381. The SMILES string of the molecule is Cc1ccc(OCCC2CCCOC2)cc1-c1cc(NC(=O)c2nnc(CC3CCCCC3)[nH]2)ncc1Cl. The van der Waals surface area contributed by atoms with Crippen molar-refractivity contribution in [3.05, 3.63) is 52.7 Å². The van der Waals surface area contributed by atoms with Gasteiger partial charge in [0.05, 0.1) is 11.6 Å². The largest absolute Gasteiger partial charge is 0.494 e. The number of nitrogens with one attached hydrogen (secondary N) is 2. The van der Waals surface area contributed by atoms with E-state index in [1.807, 2.05) is 25.1 Å². The Morgan fingerprint density at radius 2 is 1.95 bits per heavy atom. The number of halogens is 1. The molecular weight excluding hydrogens is 502 g/mol. The van der Waals surface area contributed by atoms with Gasteiger partial charge >= 0.3 is 0 Å². The minimum Gasteiger partial charge on any atom is -0.494 e. The number of hydrogen-bond donors (Lipinski definition) is 2. The van der Waals surface area contributed by atoms with Crippen LogP contribution in [0, 0.1) is 18.8 Å². The fourth-order valence-electron chi connectivity index (χ4n) is 5.40. The van der Waals surface area contributed by atoms with Gasteiger partial charge in [-0.1, -0.05) is 49.8 Å². The van der Waals surface area contributed by atoms with Gasteiger partial charge < -0.3 is 19.8 Å². The molecule has 202 valence electrons. The molecule has 1 aliphatic carbocycles. The van der Waals surface area contributed by atoms with Crippen molar-refractivity contribution < 1.29 is 14.3 Å². The summed E-state index contributed by atoms with van der Waals surface area (Å²) < 4.78 is 11.6. The van der Waals surface area contributed by atoms with Crippen LogP contribution in [0.3, 0.4) is 0 Å². The van der Waals surface area contributed by atoms with Gasteiger partial charge in [-0.25, -0.2) is 4.98 Å². The maximum absolute atomic E-state index is 12.9. The van der Waals surface area contributed by atoms with E-state index in [0.29, 0.717) is 29.3 Å². The van der Waals surface area contributed by atoms with Gasteiger partial charge in [-0.05, 0) is 67.3 Å². The van der Waals surface area contributed by atoms with Crippen molar-refractivity contribution >= 4 is 23.3 Å². The molecular formula is C29H36ClN5O3. The Bertz CT molecular complexity index is 1230. The van der Waals surface area contributed by atoms with Gasteiger partial charge in [-0.3, -0.25) is 4.79 Å². The van der Waals surface area contributed by atoms with Crippen LogP contribution in [0.2, 0.25) is 5.02 Å². The molecule has 0 radical (unpaired) electrons. The fraction of sp³-hybridized carbons (Fsp3) is 0.517. The van der Waals surface area contributed by atoms with Crippen LogP contribution in [-0.2, 0) is 11.2 Å². The maximum Gasteiger partial charge on any atom is 0.294 e. The Kier molecular flexibility index (Phi) is 8.91. The maximum atomic E-state index is 12.9. The lowest BCUT2D eigenvalue weighted by atomic mass is 9.87. The number of pyridine rings is 1. The molecule has 1 saturated carbocycles. The number of carbonyl (C=O) groups is 1. The number of ether oxygens (including phenoxy) is 2. The molecule has 3 heterocycles. The Morgan fingerprint density at radius 3 is 2.76 bits per heavy atom. The van der Waals surface area contributed by atoms with E-state index in [1.54, 1.807) is 12.3 Å². The summed E-state index contributed by atoms with van der Waals surface area (Å²) in [5, 5.41) is 11.6. The van der Waals surface area contributed by atoms with E-state index in [2.05, 4.69) is 25.5 Å². The van der Waals surface area contributed by atoms with Crippen LogP contribution >= 0.6 is 11.6 Å². The Labute approximate surface area is 228 Å². The van der Waals surface area contributed by atoms with Gasteiger partial charge in [0.15, 0.2) is 0 Å². The zero-order chi connectivity index (χ0) is 26.3. The number of carbonyl (C=O) groups excluding carboxylic acids is 1. The average Bonchev–Trinajstić information content (AvgIpc) is 3.41. The van der Waals surface area contributed by atoms with Crippen molar-refractivity contribution in [1.82, 2.24) is 20.2 Å². The number of amides is 1. The van der Waals surface area contributed by atoms with E-state index in [4.69, 9.17) is 21.1 Å². The van der Waals surface area contributed by atoms with Crippen LogP contribution in [0.5, 0.6) is 5.75 Å². The molecule has 1 saturated heterocycles. The summed E-state index contributed by atoms with van der Waals surface area (Å²) in [6, 6.07) is 7.77. The summed E-state index contributed by atoms with van der Waals surface area (Å²) >= 11 is 6.55. The van der Waals surface area contributed by atoms with Crippen LogP contribution in [0.15, 0.2) is 30.5 Å². The number of rotatable bonds is 9. The number of H-pyrrole nitrogens is 1. The van der Waals surface area contributed by atoms with E-state index in [9.17, 15) is 4.79 Å². The Hall–Kier alpha value is -2.97. The molecule has 1 unspecified atom stereocenters. The predicted molar refractivity (Wildman–Crippen MR) is 148 cm³/mol. The molecule has 2 fully saturated rings. The summed E-state index contributed by atoms with van der Waals surface area (Å²) in [4.78, 5) is 20.3. The van der Waals surface area contributed by atoms with Crippen molar-refractivity contribution in [1.29, 1.82) is 0 Å².